The third kappa shape index (κ3) is 6.48. The van der Waals surface area contributed by atoms with Crippen LogP contribution in [0.4, 0.5) is 10.5 Å². The van der Waals surface area contributed by atoms with E-state index in [1.54, 1.807) is 31.2 Å². The average Bonchev–Trinajstić information content (AvgIpc) is 3.03. The minimum atomic E-state index is -0.582. The number of ether oxygens (including phenoxy) is 2. The Kier molecular flexibility index (Phi) is 8.51. The number of hydrogen-bond acceptors (Lipinski definition) is 7. The van der Waals surface area contributed by atoms with E-state index in [2.05, 4.69) is 21.2 Å². The first-order valence-electron chi connectivity index (χ1n) is 10.4. The van der Waals surface area contributed by atoms with E-state index >= 15 is 0 Å². The maximum atomic E-state index is 12.9. The molecule has 0 saturated carbocycles. The fraction of sp³-hybridized carbons (Fsp3) is 0.250. The summed E-state index contributed by atoms with van der Waals surface area (Å²) < 4.78 is 11.1. The van der Waals surface area contributed by atoms with Crippen LogP contribution in [-0.2, 0) is 19.1 Å². The minimum absolute atomic E-state index is 0.142. The molecule has 0 aromatic heterocycles. The highest BCUT2D eigenvalue weighted by molar-refractivity contribution is 9.10. The molecule has 1 fully saturated rings. The van der Waals surface area contributed by atoms with Crippen LogP contribution < -0.4 is 10.1 Å². The van der Waals surface area contributed by atoms with Gasteiger partial charge in [0.1, 0.15) is 12.3 Å². The van der Waals surface area contributed by atoms with Gasteiger partial charge in [-0.3, -0.25) is 19.3 Å². The fourth-order valence-corrected chi connectivity index (χ4v) is 4.25. The fourth-order valence-electron chi connectivity index (χ4n) is 3.04. The van der Waals surface area contributed by atoms with Gasteiger partial charge in [0.2, 0.25) is 5.91 Å². The molecule has 1 aliphatic heterocycles. The summed E-state index contributed by atoms with van der Waals surface area (Å²) in [5, 5.41) is 2.17. The van der Waals surface area contributed by atoms with Crippen molar-refractivity contribution in [1.82, 2.24) is 4.90 Å². The predicted octanol–water partition coefficient (Wildman–Crippen LogP) is 4.68. The van der Waals surface area contributed by atoms with Gasteiger partial charge in [-0.1, -0.05) is 22.0 Å². The van der Waals surface area contributed by atoms with Crippen LogP contribution in [0.2, 0.25) is 0 Å². The third-order valence-electron chi connectivity index (χ3n) is 4.88. The summed E-state index contributed by atoms with van der Waals surface area (Å²) in [6, 6.07) is 10.5. The Labute approximate surface area is 209 Å². The molecule has 8 nitrogen and oxygen atoms in total. The lowest BCUT2D eigenvalue weighted by molar-refractivity contribution is -0.145. The van der Waals surface area contributed by atoms with E-state index in [-0.39, 0.29) is 18.1 Å². The number of carbonyl (C=O) groups is 4. The molecule has 178 valence electrons. The number of nitrogens with zero attached hydrogens (tertiary/aromatic N) is 1. The summed E-state index contributed by atoms with van der Waals surface area (Å²) >= 11 is 4.10. The lowest BCUT2D eigenvalue weighted by atomic mass is 10.1. The first-order valence-corrected chi connectivity index (χ1v) is 12.0. The monoisotopic (exact) mass is 546 g/mol. The Morgan fingerprint density at radius 2 is 1.88 bits per heavy atom. The molecule has 34 heavy (non-hydrogen) atoms. The number of thioether (sulfide) groups is 1. The van der Waals surface area contributed by atoms with Crippen LogP contribution in [0, 0.1) is 13.8 Å². The van der Waals surface area contributed by atoms with Gasteiger partial charge in [-0.05, 0) is 80.1 Å². The van der Waals surface area contributed by atoms with Gasteiger partial charge in [0.05, 0.1) is 11.5 Å². The van der Waals surface area contributed by atoms with Crippen LogP contribution in [0.5, 0.6) is 5.75 Å². The number of imide groups is 1. The maximum absolute atomic E-state index is 12.9. The van der Waals surface area contributed by atoms with Crippen molar-refractivity contribution in [2.75, 3.05) is 25.1 Å². The number of aryl methyl sites for hydroxylation is 2. The average molecular weight is 547 g/mol. The summed E-state index contributed by atoms with van der Waals surface area (Å²) in [4.78, 5) is 50.4. The highest BCUT2D eigenvalue weighted by Gasteiger charge is 2.36. The van der Waals surface area contributed by atoms with E-state index in [1.807, 2.05) is 26.0 Å². The van der Waals surface area contributed by atoms with Gasteiger partial charge in [-0.2, -0.15) is 0 Å². The SMILES string of the molecule is CCOC(=O)COc1ccc(Br)cc1/C=C1/SC(=O)N(CC(=O)Nc2ccc(C)c(C)c2)C1=O. The summed E-state index contributed by atoms with van der Waals surface area (Å²) in [6.45, 7) is 5.13. The molecule has 1 heterocycles. The summed E-state index contributed by atoms with van der Waals surface area (Å²) in [7, 11) is 0. The van der Waals surface area contributed by atoms with Gasteiger partial charge in [0.15, 0.2) is 6.61 Å². The normalized spacial score (nSPS) is 14.5. The molecule has 0 spiro atoms. The van der Waals surface area contributed by atoms with Gasteiger partial charge in [-0.25, -0.2) is 4.79 Å². The topological polar surface area (TPSA) is 102 Å². The second-order valence-electron chi connectivity index (χ2n) is 7.39. The first kappa shape index (κ1) is 25.5. The molecular weight excluding hydrogens is 524 g/mol. The van der Waals surface area contributed by atoms with Gasteiger partial charge < -0.3 is 14.8 Å². The van der Waals surface area contributed by atoms with Gasteiger partial charge in [0, 0.05) is 15.7 Å². The highest BCUT2D eigenvalue weighted by Crippen LogP contribution is 2.35. The maximum Gasteiger partial charge on any atom is 0.344 e. The van der Waals surface area contributed by atoms with E-state index in [4.69, 9.17) is 9.47 Å². The van der Waals surface area contributed by atoms with Crippen molar-refractivity contribution in [3.05, 3.63) is 62.5 Å². The molecule has 1 aliphatic rings. The lowest BCUT2D eigenvalue weighted by Gasteiger charge is -2.13. The number of benzene rings is 2. The zero-order valence-electron chi connectivity index (χ0n) is 18.8. The molecule has 1 saturated heterocycles. The van der Waals surface area contributed by atoms with Crippen molar-refractivity contribution in [2.45, 2.75) is 20.8 Å². The molecule has 1 N–H and O–H groups in total. The number of nitrogens with one attached hydrogen (secondary N) is 1. The molecule has 0 radical (unpaired) electrons. The number of rotatable bonds is 8. The Balaban J connectivity index is 1.73. The molecule has 2 aromatic rings. The molecule has 3 rings (SSSR count). The number of amides is 3. The van der Waals surface area contributed by atoms with Gasteiger partial charge >= 0.3 is 5.97 Å². The van der Waals surface area contributed by atoms with Crippen LogP contribution in [0.25, 0.3) is 6.08 Å². The number of carbonyl (C=O) groups excluding carboxylic acids is 4. The zero-order chi connectivity index (χ0) is 24.8. The van der Waals surface area contributed by atoms with Gasteiger partial charge in [0.25, 0.3) is 11.1 Å². The van der Waals surface area contributed by atoms with Crippen molar-refractivity contribution in [1.29, 1.82) is 0 Å². The van der Waals surface area contributed by atoms with Crippen molar-refractivity contribution in [2.24, 2.45) is 0 Å². The van der Waals surface area contributed by atoms with Crippen LogP contribution in [0.3, 0.4) is 0 Å². The molecule has 2 aromatic carbocycles. The second kappa shape index (κ2) is 11.3. The minimum Gasteiger partial charge on any atom is -0.481 e. The molecule has 3 amide bonds. The predicted molar refractivity (Wildman–Crippen MR) is 133 cm³/mol. The Morgan fingerprint density at radius 3 is 2.59 bits per heavy atom. The zero-order valence-corrected chi connectivity index (χ0v) is 21.2. The number of halogens is 1. The van der Waals surface area contributed by atoms with Crippen LogP contribution in [0.15, 0.2) is 45.8 Å². The Hall–Kier alpha value is -3.11. The van der Waals surface area contributed by atoms with E-state index in [9.17, 15) is 19.2 Å². The largest absolute Gasteiger partial charge is 0.481 e. The Bertz CT molecular complexity index is 1180. The molecule has 0 aliphatic carbocycles. The van der Waals surface area contributed by atoms with Crippen LogP contribution in [0.1, 0.15) is 23.6 Å². The molecule has 0 unspecified atom stereocenters. The summed E-state index contributed by atoms with van der Waals surface area (Å²) in [5.74, 6) is -1.24. The first-order chi connectivity index (χ1) is 16.2. The number of hydrogen-bond donors (Lipinski definition) is 1. The van der Waals surface area contributed by atoms with Crippen molar-refractivity contribution in [3.63, 3.8) is 0 Å². The summed E-state index contributed by atoms with van der Waals surface area (Å²) in [6.07, 6.45) is 1.50. The summed E-state index contributed by atoms with van der Waals surface area (Å²) in [5.41, 5.74) is 3.19. The second-order valence-corrected chi connectivity index (χ2v) is 9.30. The van der Waals surface area contributed by atoms with Crippen LogP contribution in [-0.4, -0.2) is 47.7 Å². The lowest BCUT2D eigenvalue weighted by Crippen LogP contribution is -2.36. The highest BCUT2D eigenvalue weighted by atomic mass is 79.9. The standard InChI is InChI=1S/C24H23BrN2O6S/c1-4-32-22(29)13-33-19-8-6-17(25)10-16(19)11-20-23(30)27(24(31)34-20)12-21(28)26-18-7-5-14(2)15(3)9-18/h5-11H,4,12-13H2,1-3H3,(H,26,28)/b20-11+. The molecule has 10 heteroatoms. The molecular formula is C24H23BrN2O6S. The van der Waals surface area contributed by atoms with Gasteiger partial charge in [-0.15, -0.1) is 0 Å². The molecule has 0 atom stereocenters. The van der Waals surface area contributed by atoms with Crippen molar-refractivity contribution >= 4 is 62.5 Å². The van der Waals surface area contributed by atoms with E-state index in [0.29, 0.717) is 21.5 Å². The van der Waals surface area contributed by atoms with Crippen LogP contribution >= 0.6 is 27.7 Å². The van der Waals surface area contributed by atoms with E-state index in [1.165, 1.54) is 6.08 Å². The van der Waals surface area contributed by atoms with E-state index in [0.717, 1.165) is 27.8 Å². The number of anilines is 1. The van der Waals surface area contributed by atoms with Crippen molar-refractivity contribution in [3.8, 4) is 5.75 Å². The quantitative estimate of drug-likeness (QED) is 0.378. The third-order valence-corrected chi connectivity index (χ3v) is 6.28. The molecule has 0 bridgehead atoms. The van der Waals surface area contributed by atoms with Crippen molar-refractivity contribution < 1.29 is 28.7 Å². The smallest absolute Gasteiger partial charge is 0.344 e. The van der Waals surface area contributed by atoms with E-state index < -0.39 is 29.6 Å². The number of esters is 1. The Morgan fingerprint density at radius 1 is 1.12 bits per heavy atom.